The van der Waals surface area contributed by atoms with Gasteiger partial charge < -0.3 is 19.7 Å². The van der Waals surface area contributed by atoms with Gasteiger partial charge in [0.2, 0.25) is 0 Å². The molecule has 0 spiro atoms. The van der Waals surface area contributed by atoms with Crippen LogP contribution in [0, 0.1) is 11.7 Å². The smallest absolute Gasteiger partial charge is 0.193 e. The van der Waals surface area contributed by atoms with Gasteiger partial charge in [0.05, 0.1) is 19.3 Å². The lowest BCUT2D eigenvalue weighted by atomic mass is 10.1. The van der Waals surface area contributed by atoms with Crippen molar-refractivity contribution in [1.29, 1.82) is 0 Å². The second-order valence-electron chi connectivity index (χ2n) is 6.83. The minimum atomic E-state index is -0.233. The van der Waals surface area contributed by atoms with Crippen LogP contribution < -0.4 is 5.32 Å². The van der Waals surface area contributed by atoms with Crippen LogP contribution in [0.25, 0.3) is 0 Å². The van der Waals surface area contributed by atoms with Crippen molar-refractivity contribution < 1.29 is 13.9 Å². The molecule has 1 aliphatic rings. The molecule has 1 aromatic carbocycles. The topological polar surface area (TPSA) is 46.1 Å². The van der Waals surface area contributed by atoms with Gasteiger partial charge in [-0.1, -0.05) is 26.0 Å². The summed E-state index contributed by atoms with van der Waals surface area (Å²) in [5.41, 5.74) is 0.980. The molecule has 1 saturated heterocycles. The zero-order valence-electron chi connectivity index (χ0n) is 15.7. The van der Waals surface area contributed by atoms with Gasteiger partial charge in [-0.15, -0.1) is 0 Å². The van der Waals surface area contributed by atoms with E-state index in [9.17, 15) is 4.39 Å². The van der Waals surface area contributed by atoms with Crippen LogP contribution in [0.15, 0.2) is 29.3 Å². The van der Waals surface area contributed by atoms with Crippen molar-refractivity contribution in [2.45, 2.75) is 33.0 Å². The average Bonchev–Trinajstić information content (AvgIpc) is 2.58. The molecule has 0 saturated carbocycles. The minimum absolute atomic E-state index is 0.0690. The largest absolute Gasteiger partial charge is 0.379 e. The number of nitrogens with one attached hydrogen (secondary N) is 1. The lowest BCUT2D eigenvalue weighted by Gasteiger charge is -2.38. The first kappa shape index (κ1) is 19.7. The van der Waals surface area contributed by atoms with Gasteiger partial charge in [-0.3, -0.25) is 4.99 Å². The fraction of sp³-hybridized carbons (Fsp3) is 0.632. The van der Waals surface area contributed by atoms with Crippen LogP contribution in [0.2, 0.25) is 0 Å². The van der Waals surface area contributed by atoms with E-state index in [1.54, 1.807) is 19.2 Å². The van der Waals surface area contributed by atoms with Gasteiger partial charge in [0.25, 0.3) is 0 Å². The Balaban J connectivity index is 1.91. The Bertz CT molecular complexity index is 548. The van der Waals surface area contributed by atoms with E-state index in [1.165, 1.54) is 12.1 Å². The van der Waals surface area contributed by atoms with Gasteiger partial charge in [0.15, 0.2) is 5.96 Å². The van der Waals surface area contributed by atoms with Crippen LogP contribution in [0.3, 0.4) is 0 Å². The number of benzene rings is 1. The second-order valence-corrected chi connectivity index (χ2v) is 6.83. The van der Waals surface area contributed by atoms with Gasteiger partial charge in [-0.2, -0.15) is 0 Å². The lowest BCUT2D eigenvalue weighted by Crippen LogP contribution is -2.51. The number of guanidine groups is 1. The molecule has 1 fully saturated rings. The van der Waals surface area contributed by atoms with E-state index >= 15 is 0 Å². The molecule has 2 rings (SSSR count). The number of ether oxygens (including phenoxy) is 2. The van der Waals surface area contributed by atoms with Gasteiger partial charge in [-0.25, -0.2) is 4.39 Å². The van der Waals surface area contributed by atoms with Crippen LogP contribution in [-0.2, 0) is 9.47 Å². The van der Waals surface area contributed by atoms with Gasteiger partial charge in [-0.05, 0) is 30.5 Å². The summed E-state index contributed by atoms with van der Waals surface area (Å²) in [5.74, 6) is 1.15. The number of nitrogens with zero attached hydrogens (tertiary/aromatic N) is 2. The van der Waals surface area contributed by atoms with Crippen molar-refractivity contribution in [1.82, 2.24) is 10.2 Å². The SMILES string of the molecule is CN=C(NCCOCC(C)C)N1CC(C)OC(c2ccc(F)cc2)C1. The third-order valence-corrected chi connectivity index (χ3v) is 3.99. The molecular weight excluding hydrogens is 321 g/mol. The van der Waals surface area contributed by atoms with Crippen LogP contribution >= 0.6 is 0 Å². The first-order chi connectivity index (χ1) is 12.0. The van der Waals surface area contributed by atoms with E-state index < -0.39 is 0 Å². The standard InChI is InChI=1S/C19H30FN3O2/c1-14(2)13-24-10-9-22-19(21-4)23-11-15(3)25-18(12-23)16-5-7-17(20)8-6-16/h5-8,14-15,18H,9-13H2,1-4H3,(H,21,22). The maximum Gasteiger partial charge on any atom is 0.193 e. The van der Waals surface area contributed by atoms with Crippen molar-refractivity contribution in [2.75, 3.05) is 39.9 Å². The summed E-state index contributed by atoms with van der Waals surface area (Å²) in [7, 11) is 1.78. The molecule has 2 atom stereocenters. The number of halogens is 1. The molecular formula is C19H30FN3O2. The van der Waals surface area contributed by atoms with Crippen molar-refractivity contribution >= 4 is 5.96 Å². The Morgan fingerprint density at radius 2 is 2.08 bits per heavy atom. The minimum Gasteiger partial charge on any atom is -0.379 e. The van der Waals surface area contributed by atoms with Crippen molar-refractivity contribution in [3.05, 3.63) is 35.6 Å². The predicted molar refractivity (Wildman–Crippen MR) is 98.3 cm³/mol. The van der Waals surface area contributed by atoms with E-state index in [2.05, 4.69) is 29.1 Å². The molecule has 0 bridgehead atoms. The summed E-state index contributed by atoms with van der Waals surface area (Å²) in [6.45, 7) is 9.90. The molecule has 0 amide bonds. The predicted octanol–water partition coefficient (Wildman–Crippen LogP) is 2.84. The summed E-state index contributed by atoms with van der Waals surface area (Å²) in [5, 5.41) is 3.35. The molecule has 0 radical (unpaired) electrons. The van der Waals surface area contributed by atoms with E-state index in [-0.39, 0.29) is 18.0 Å². The molecule has 0 aromatic heterocycles. The van der Waals surface area contributed by atoms with Gasteiger partial charge >= 0.3 is 0 Å². The monoisotopic (exact) mass is 351 g/mol. The molecule has 5 nitrogen and oxygen atoms in total. The van der Waals surface area contributed by atoms with Crippen LogP contribution in [-0.4, -0.2) is 56.9 Å². The highest BCUT2D eigenvalue weighted by Crippen LogP contribution is 2.25. The highest BCUT2D eigenvalue weighted by atomic mass is 19.1. The quantitative estimate of drug-likeness (QED) is 0.486. The Morgan fingerprint density at radius 1 is 1.36 bits per heavy atom. The molecule has 2 unspecified atom stereocenters. The molecule has 6 heteroatoms. The summed E-state index contributed by atoms with van der Waals surface area (Å²) in [6.07, 6.45) is -0.0281. The summed E-state index contributed by atoms with van der Waals surface area (Å²) in [4.78, 5) is 6.57. The number of aliphatic imine (C=N–C) groups is 1. The van der Waals surface area contributed by atoms with Crippen molar-refractivity contribution in [3.8, 4) is 0 Å². The molecule has 25 heavy (non-hydrogen) atoms. The average molecular weight is 351 g/mol. The molecule has 1 aromatic rings. The maximum atomic E-state index is 13.1. The number of morpholine rings is 1. The fourth-order valence-electron chi connectivity index (χ4n) is 2.87. The molecule has 1 heterocycles. The Labute approximate surface area is 150 Å². The summed E-state index contributed by atoms with van der Waals surface area (Å²) < 4.78 is 24.8. The zero-order chi connectivity index (χ0) is 18.2. The van der Waals surface area contributed by atoms with Crippen molar-refractivity contribution in [2.24, 2.45) is 10.9 Å². The lowest BCUT2D eigenvalue weighted by molar-refractivity contribution is -0.0605. The number of hydrogen-bond acceptors (Lipinski definition) is 3. The normalized spacial score (nSPS) is 21.7. The Morgan fingerprint density at radius 3 is 2.72 bits per heavy atom. The third kappa shape index (κ3) is 6.29. The summed E-state index contributed by atoms with van der Waals surface area (Å²) >= 11 is 0. The van der Waals surface area contributed by atoms with Crippen LogP contribution in [0.1, 0.15) is 32.4 Å². The maximum absolute atomic E-state index is 13.1. The second kappa shape index (κ2) is 9.73. The van der Waals surface area contributed by atoms with E-state index in [0.717, 1.165) is 24.7 Å². The first-order valence-electron chi connectivity index (χ1n) is 8.94. The molecule has 140 valence electrons. The molecule has 0 aliphatic carbocycles. The van der Waals surface area contributed by atoms with Gasteiger partial charge in [0.1, 0.15) is 11.9 Å². The summed E-state index contributed by atoms with van der Waals surface area (Å²) in [6, 6.07) is 6.52. The highest BCUT2D eigenvalue weighted by molar-refractivity contribution is 5.80. The van der Waals surface area contributed by atoms with Crippen LogP contribution in [0.4, 0.5) is 4.39 Å². The zero-order valence-corrected chi connectivity index (χ0v) is 15.7. The van der Waals surface area contributed by atoms with E-state index in [0.29, 0.717) is 25.6 Å². The number of hydrogen-bond donors (Lipinski definition) is 1. The fourth-order valence-corrected chi connectivity index (χ4v) is 2.87. The van der Waals surface area contributed by atoms with Crippen LogP contribution in [0.5, 0.6) is 0 Å². The molecule has 1 N–H and O–H groups in total. The Hall–Kier alpha value is -1.66. The highest BCUT2D eigenvalue weighted by Gasteiger charge is 2.28. The van der Waals surface area contributed by atoms with Gasteiger partial charge in [0, 0.05) is 26.7 Å². The van der Waals surface area contributed by atoms with E-state index in [1.807, 2.05) is 6.92 Å². The third-order valence-electron chi connectivity index (χ3n) is 3.99. The molecule has 1 aliphatic heterocycles. The number of rotatable bonds is 6. The van der Waals surface area contributed by atoms with Crippen molar-refractivity contribution in [3.63, 3.8) is 0 Å². The Kier molecular flexibility index (Phi) is 7.65. The first-order valence-corrected chi connectivity index (χ1v) is 8.94. The van der Waals surface area contributed by atoms with E-state index in [4.69, 9.17) is 9.47 Å².